The fourth-order valence-corrected chi connectivity index (χ4v) is 8.73. The Morgan fingerprint density at radius 1 is 0.510 bits per heavy atom. The zero-order chi connectivity index (χ0) is 35.0. The molecule has 5 aromatic carbocycles. The number of aromatic nitrogens is 3. The highest BCUT2D eigenvalue weighted by atomic mass is 15.0. The van der Waals surface area contributed by atoms with Gasteiger partial charge in [-0.15, -0.1) is 0 Å². The average molecular weight is 662 g/mol. The van der Waals surface area contributed by atoms with Crippen LogP contribution in [0.4, 0.5) is 0 Å². The highest BCUT2D eigenvalue weighted by Crippen LogP contribution is 2.51. The van der Waals surface area contributed by atoms with Crippen LogP contribution in [0.2, 0.25) is 0 Å². The van der Waals surface area contributed by atoms with Crippen LogP contribution in [0.1, 0.15) is 62.6 Å². The summed E-state index contributed by atoms with van der Waals surface area (Å²) in [7, 11) is 0. The molecule has 2 unspecified atom stereocenters. The second-order valence-electron chi connectivity index (χ2n) is 14.9. The molecule has 5 heteroatoms. The predicted molar refractivity (Wildman–Crippen MR) is 203 cm³/mol. The van der Waals surface area contributed by atoms with Gasteiger partial charge in [-0.05, 0) is 126 Å². The van der Waals surface area contributed by atoms with Gasteiger partial charge in [0.1, 0.15) is 0 Å². The minimum Gasteiger partial charge on any atom is -0.208 e. The van der Waals surface area contributed by atoms with Gasteiger partial charge in [-0.1, -0.05) is 92.7 Å². The van der Waals surface area contributed by atoms with Crippen molar-refractivity contribution in [2.75, 3.05) is 0 Å². The molecule has 2 aliphatic rings. The molecule has 2 aliphatic carbocycles. The molecule has 0 amide bonds. The molecule has 0 N–H and O–H groups in total. The number of hydrogen-bond donors (Lipinski definition) is 0. The van der Waals surface area contributed by atoms with Gasteiger partial charge in [-0.25, -0.2) is 15.0 Å². The molecule has 0 aliphatic heterocycles. The van der Waals surface area contributed by atoms with Gasteiger partial charge in [0.15, 0.2) is 17.5 Å². The fourth-order valence-electron chi connectivity index (χ4n) is 8.73. The Morgan fingerprint density at radius 3 is 1.45 bits per heavy atom. The van der Waals surface area contributed by atoms with E-state index < -0.39 is 0 Å². The smallest absolute Gasteiger partial charge is 0.164 e. The summed E-state index contributed by atoms with van der Waals surface area (Å²) in [4.78, 5) is 14.9. The normalized spacial score (nSPS) is 21.0. The van der Waals surface area contributed by atoms with Crippen molar-refractivity contribution in [1.82, 2.24) is 15.0 Å². The molecule has 0 radical (unpaired) electrons. The zero-order valence-corrected chi connectivity index (χ0v) is 29.1. The first-order valence-corrected chi connectivity index (χ1v) is 17.9. The zero-order valence-electron chi connectivity index (χ0n) is 29.1. The first kappa shape index (κ1) is 32.3. The third kappa shape index (κ3) is 6.69. The van der Waals surface area contributed by atoms with E-state index in [1.54, 1.807) is 12.1 Å². The molecular formula is C46H39N5. The average Bonchev–Trinajstić information content (AvgIpc) is 3.17. The highest BCUT2D eigenvalue weighted by molar-refractivity contribution is 5.74. The lowest BCUT2D eigenvalue weighted by Gasteiger charge is -2.47. The molecule has 2 fully saturated rings. The van der Waals surface area contributed by atoms with Crippen LogP contribution in [0.5, 0.6) is 0 Å². The second kappa shape index (κ2) is 13.4. The minimum atomic E-state index is 0.247. The number of rotatable bonds is 6. The predicted octanol–water partition coefficient (Wildman–Crippen LogP) is 11.1. The van der Waals surface area contributed by atoms with Crippen LogP contribution in [0, 0.1) is 40.4 Å². The lowest BCUT2D eigenvalue weighted by molar-refractivity contribution is 0.0899. The maximum Gasteiger partial charge on any atom is 0.164 e. The van der Waals surface area contributed by atoms with E-state index in [0.717, 1.165) is 51.1 Å². The van der Waals surface area contributed by atoms with Crippen molar-refractivity contribution < 1.29 is 0 Å². The van der Waals surface area contributed by atoms with E-state index in [-0.39, 0.29) is 5.41 Å². The van der Waals surface area contributed by atoms with Crippen molar-refractivity contribution in [2.24, 2.45) is 17.8 Å². The number of nitriles is 2. The van der Waals surface area contributed by atoms with Crippen LogP contribution in [0.15, 0.2) is 121 Å². The van der Waals surface area contributed by atoms with Gasteiger partial charge in [0.2, 0.25) is 0 Å². The lowest BCUT2D eigenvalue weighted by atomic mass is 9.57. The minimum absolute atomic E-state index is 0.247. The molecule has 5 nitrogen and oxygen atoms in total. The summed E-state index contributed by atoms with van der Waals surface area (Å²) in [5.41, 5.74) is 9.88. The first-order chi connectivity index (χ1) is 24.9. The number of benzene rings is 5. The van der Waals surface area contributed by atoms with E-state index in [1.807, 2.05) is 60.7 Å². The quantitative estimate of drug-likeness (QED) is 0.177. The molecule has 1 aromatic heterocycles. The summed E-state index contributed by atoms with van der Waals surface area (Å²) in [5.74, 6) is 4.28. The number of nitrogens with zero attached hydrogens (tertiary/aromatic N) is 5. The molecule has 2 saturated carbocycles. The summed E-state index contributed by atoms with van der Waals surface area (Å²) < 4.78 is 0. The molecule has 4 atom stereocenters. The number of fused-ring (bicyclic) bond motifs is 2. The largest absolute Gasteiger partial charge is 0.208 e. The molecule has 8 rings (SSSR count). The molecule has 1 heterocycles. The molecule has 0 spiro atoms. The van der Waals surface area contributed by atoms with E-state index in [0.29, 0.717) is 28.6 Å². The van der Waals surface area contributed by atoms with Crippen molar-refractivity contribution in [3.05, 3.63) is 138 Å². The Kier molecular flexibility index (Phi) is 8.50. The van der Waals surface area contributed by atoms with Crippen LogP contribution < -0.4 is 0 Å². The van der Waals surface area contributed by atoms with Crippen LogP contribution in [0.3, 0.4) is 0 Å². The Hall–Kier alpha value is -5.91. The molecule has 51 heavy (non-hydrogen) atoms. The van der Waals surface area contributed by atoms with Gasteiger partial charge in [0, 0.05) is 16.7 Å². The van der Waals surface area contributed by atoms with E-state index in [1.165, 1.54) is 43.2 Å². The van der Waals surface area contributed by atoms with Crippen LogP contribution in [-0.4, -0.2) is 15.0 Å². The SMILES string of the molecule is CC1C[C@@H]2C[C@H](C1)CC(C)(c1ccc(-c3cccc(-c4nc(-c5ccc(C#N)cc5)nc(-c5ccc(-c6ccc(C#N)cc6)cc5)n4)c3)cc1)C2. The lowest BCUT2D eigenvalue weighted by Crippen LogP contribution is -2.38. The second-order valence-corrected chi connectivity index (χ2v) is 14.9. The Balaban J connectivity index is 1.12. The molecule has 248 valence electrons. The Labute approximate surface area is 300 Å². The number of hydrogen-bond acceptors (Lipinski definition) is 5. The van der Waals surface area contributed by atoms with E-state index in [9.17, 15) is 10.5 Å². The van der Waals surface area contributed by atoms with Crippen molar-refractivity contribution in [2.45, 2.75) is 51.4 Å². The van der Waals surface area contributed by atoms with E-state index >= 15 is 0 Å². The van der Waals surface area contributed by atoms with Crippen molar-refractivity contribution in [1.29, 1.82) is 10.5 Å². The van der Waals surface area contributed by atoms with Crippen molar-refractivity contribution in [3.8, 4) is 68.6 Å². The van der Waals surface area contributed by atoms with Crippen LogP contribution in [-0.2, 0) is 5.41 Å². The maximum atomic E-state index is 9.37. The van der Waals surface area contributed by atoms with E-state index in [4.69, 9.17) is 15.0 Å². The summed E-state index contributed by atoms with van der Waals surface area (Å²) in [6.45, 7) is 4.93. The van der Waals surface area contributed by atoms with Gasteiger partial charge in [0.25, 0.3) is 0 Å². The van der Waals surface area contributed by atoms with Crippen molar-refractivity contribution in [3.63, 3.8) is 0 Å². The standard InChI is InChI=1S/C46H39N5/c1-30-22-33-24-34(23-30)27-46(2,26-33)42-20-18-37(19-21-42)40-4-3-5-41(25-40)45-50-43(38-12-8-32(29-48)9-13-38)49-44(51-45)39-16-14-36(15-17-39)35-10-6-31(28-47)7-11-35/h3-21,25,30,33-34H,22-24,26-27H2,1-2H3/t30?,33-,34+,46?. The summed E-state index contributed by atoms with van der Waals surface area (Å²) in [5, 5.41) is 18.5. The Bertz CT molecular complexity index is 2260. The van der Waals surface area contributed by atoms with Gasteiger partial charge in [-0.3, -0.25) is 0 Å². The monoisotopic (exact) mass is 661 g/mol. The topological polar surface area (TPSA) is 86.2 Å². The fraction of sp³-hybridized carbons (Fsp3) is 0.239. The maximum absolute atomic E-state index is 9.37. The van der Waals surface area contributed by atoms with Gasteiger partial charge in [-0.2, -0.15) is 10.5 Å². The molecular weight excluding hydrogens is 623 g/mol. The van der Waals surface area contributed by atoms with Gasteiger partial charge in [0.05, 0.1) is 23.3 Å². The Morgan fingerprint density at radius 2 is 0.922 bits per heavy atom. The summed E-state index contributed by atoms with van der Waals surface area (Å²) >= 11 is 0. The van der Waals surface area contributed by atoms with Crippen LogP contribution >= 0.6 is 0 Å². The summed E-state index contributed by atoms with van der Waals surface area (Å²) in [6.07, 6.45) is 6.77. The molecule has 6 aromatic rings. The van der Waals surface area contributed by atoms with Crippen LogP contribution in [0.25, 0.3) is 56.4 Å². The first-order valence-electron chi connectivity index (χ1n) is 17.9. The molecule has 2 bridgehead atoms. The molecule has 0 saturated heterocycles. The summed E-state index contributed by atoms with van der Waals surface area (Å²) in [6, 6.07) is 45.1. The van der Waals surface area contributed by atoms with Gasteiger partial charge >= 0.3 is 0 Å². The highest BCUT2D eigenvalue weighted by Gasteiger charge is 2.41. The van der Waals surface area contributed by atoms with Crippen molar-refractivity contribution >= 4 is 0 Å². The van der Waals surface area contributed by atoms with E-state index in [2.05, 4.69) is 74.5 Å². The third-order valence-corrected chi connectivity index (χ3v) is 11.1. The third-order valence-electron chi connectivity index (χ3n) is 11.1. The van der Waals surface area contributed by atoms with Gasteiger partial charge < -0.3 is 0 Å².